The molecule has 2 amide bonds. The van der Waals surface area contributed by atoms with Crippen molar-refractivity contribution in [1.82, 2.24) is 14.4 Å². The molecule has 1 aliphatic heterocycles. The van der Waals surface area contributed by atoms with Gasteiger partial charge in [-0.1, -0.05) is 17.3 Å². The van der Waals surface area contributed by atoms with E-state index in [0.717, 1.165) is 0 Å². The molecule has 0 atom stereocenters. The number of aromatic nitrogens is 2. The van der Waals surface area contributed by atoms with Gasteiger partial charge in [0.05, 0.1) is 4.90 Å². The summed E-state index contributed by atoms with van der Waals surface area (Å²) in [5.74, 6) is 0.106. The lowest BCUT2D eigenvalue weighted by Gasteiger charge is -2.31. The van der Waals surface area contributed by atoms with Crippen LogP contribution >= 0.6 is 0 Å². The highest BCUT2D eigenvalue weighted by Gasteiger charge is 2.33. The van der Waals surface area contributed by atoms with Gasteiger partial charge in [-0.3, -0.25) is 9.59 Å². The number of benzene rings is 2. The second kappa shape index (κ2) is 9.96. The van der Waals surface area contributed by atoms with Crippen LogP contribution in [0, 0.1) is 19.8 Å². The number of sulfonamides is 1. The summed E-state index contributed by atoms with van der Waals surface area (Å²) in [5, 5.41) is 9.42. The minimum absolute atomic E-state index is 0.153. The average molecular weight is 498 g/mol. The minimum Gasteiger partial charge on any atom is -0.339 e. The Balaban J connectivity index is 1.40. The number of carbonyl (C=O) groups excluding carboxylic acids is 2. The van der Waals surface area contributed by atoms with Crippen molar-refractivity contribution in [2.24, 2.45) is 5.92 Å². The lowest BCUT2D eigenvalue weighted by atomic mass is 9.97. The maximum absolute atomic E-state index is 13.4. The van der Waals surface area contributed by atoms with E-state index in [1.165, 1.54) is 11.2 Å². The molecule has 11 heteroatoms. The molecule has 10 nitrogen and oxygen atoms in total. The number of carbonyl (C=O) groups is 2. The van der Waals surface area contributed by atoms with Crippen LogP contribution in [-0.4, -0.2) is 47.8 Å². The monoisotopic (exact) mass is 497 g/mol. The molecule has 3 aromatic rings. The molecule has 2 aromatic carbocycles. The van der Waals surface area contributed by atoms with E-state index in [1.807, 2.05) is 0 Å². The van der Waals surface area contributed by atoms with Crippen molar-refractivity contribution in [2.45, 2.75) is 38.5 Å². The summed E-state index contributed by atoms with van der Waals surface area (Å²) in [5.41, 5.74) is 2.44. The Morgan fingerprint density at radius 1 is 1.00 bits per heavy atom. The highest BCUT2D eigenvalue weighted by atomic mass is 32.2. The Kier molecular flexibility index (Phi) is 6.99. The Bertz CT molecular complexity index is 1340. The quantitative estimate of drug-likeness (QED) is 0.533. The molecular formula is C24H27N5O5S. The van der Waals surface area contributed by atoms with Gasteiger partial charge < -0.3 is 15.2 Å². The summed E-state index contributed by atoms with van der Waals surface area (Å²) >= 11 is 0. The summed E-state index contributed by atoms with van der Waals surface area (Å²) in [4.78, 5) is 28.2. The Morgan fingerprint density at radius 3 is 2.20 bits per heavy atom. The first-order valence-electron chi connectivity index (χ1n) is 11.2. The lowest BCUT2D eigenvalue weighted by molar-refractivity contribution is -0.121. The second-order valence-electron chi connectivity index (χ2n) is 8.54. The van der Waals surface area contributed by atoms with Gasteiger partial charge in [0.15, 0.2) is 0 Å². The number of hydrogen-bond donors (Lipinski definition) is 2. The molecule has 0 spiro atoms. The van der Waals surface area contributed by atoms with Crippen molar-refractivity contribution >= 4 is 33.2 Å². The summed E-state index contributed by atoms with van der Waals surface area (Å²) < 4.78 is 33.2. The van der Waals surface area contributed by atoms with E-state index in [1.54, 1.807) is 56.3 Å². The standard InChI is InChI=1S/C24H27N5O5S/c1-15-4-5-19(23-26-17(3)34-28-23)14-22(15)35(32,33)29-12-10-18(11-13-29)24(31)27-21-8-6-20(7-9-21)25-16(2)30/h4-9,14,18H,10-13H2,1-3H3,(H,25,30)(H,27,31). The SMILES string of the molecule is CC(=O)Nc1ccc(NC(=O)C2CCN(S(=O)(=O)c3cc(-c4noc(C)n4)ccc3C)CC2)cc1. The van der Waals surface area contributed by atoms with Gasteiger partial charge >= 0.3 is 0 Å². The van der Waals surface area contributed by atoms with Gasteiger partial charge in [0.2, 0.25) is 33.6 Å². The number of anilines is 2. The van der Waals surface area contributed by atoms with Gasteiger partial charge in [-0.25, -0.2) is 8.42 Å². The molecular weight excluding hydrogens is 470 g/mol. The molecule has 1 aromatic heterocycles. The molecule has 184 valence electrons. The fourth-order valence-electron chi connectivity index (χ4n) is 4.02. The maximum atomic E-state index is 13.4. The molecule has 35 heavy (non-hydrogen) atoms. The molecule has 0 aliphatic carbocycles. The van der Waals surface area contributed by atoms with Crippen molar-refractivity contribution < 1.29 is 22.5 Å². The largest absolute Gasteiger partial charge is 0.339 e. The van der Waals surface area contributed by atoms with Crippen LogP contribution < -0.4 is 10.6 Å². The number of rotatable bonds is 6. The van der Waals surface area contributed by atoms with Crippen molar-refractivity contribution in [1.29, 1.82) is 0 Å². The predicted molar refractivity (Wildman–Crippen MR) is 130 cm³/mol. The summed E-state index contributed by atoms with van der Waals surface area (Å²) in [6.07, 6.45) is 0.829. The third kappa shape index (κ3) is 5.57. The topological polar surface area (TPSA) is 134 Å². The van der Waals surface area contributed by atoms with Crippen LogP contribution in [0.5, 0.6) is 0 Å². The van der Waals surface area contributed by atoms with Gasteiger partial charge in [0.25, 0.3) is 0 Å². The molecule has 2 N–H and O–H groups in total. The van der Waals surface area contributed by atoms with Gasteiger partial charge in [-0.15, -0.1) is 0 Å². The van der Waals surface area contributed by atoms with Gasteiger partial charge in [-0.05, 0) is 55.7 Å². The van der Waals surface area contributed by atoms with Crippen LogP contribution in [0.3, 0.4) is 0 Å². The lowest BCUT2D eigenvalue weighted by Crippen LogP contribution is -2.41. The molecule has 1 saturated heterocycles. The zero-order chi connectivity index (χ0) is 25.2. The van der Waals surface area contributed by atoms with Crippen LogP contribution in [0.15, 0.2) is 51.9 Å². The number of nitrogens with zero attached hydrogens (tertiary/aromatic N) is 3. The Morgan fingerprint density at radius 2 is 1.63 bits per heavy atom. The molecule has 1 aliphatic rings. The number of nitrogens with one attached hydrogen (secondary N) is 2. The molecule has 0 bridgehead atoms. The van der Waals surface area contributed by atoms with Gasteiger partial charge in [0.1, 0.15) is 0 Å². The number of piperidine rings is 1. The van der Waals surface area contributed by atoms with Crippen molar-refractivity contribution in [3.05, 3.63) is 53.9 Å². The first kappa shape index (κ1) is 24.6. The van der Waals surface area contributed by atoms with Crippen molar-refractivity contribution in [3.8, 4) is 11.4 Å². The number of hydrogen-bond acceptors (Lipinski definition) is 7. The zero-order valence-corrected chi connectivity index (χ0v) is 20.6. The van der Waals surface area contributed by atoms with E-state index in [9.17, 15) is 18.0 Å². The van der Waals surface area contributed by atoms with E-state index < -0.39 is 10.0 Å². The van der Waals surface area contributed by atoms with Crippen LogP contribution in [0.25, 0.3) is 11.4 Å². The van der Waals surface area contributed by atoms with E-state index in [0.29, 0.717) is 47.1 Å². The Labute approximate surface area is 203 Å². The molecule has 0 saturated carbocycles. The number of amides is 2. The third-order valence-electron chi connectivity index (χ3n) is 5.89. The smallest absolute Gasteiger partial charge is 0.243 e. The molecule has 0 radical (unpaired) electrons. The van der Waals surface area contributed by atoms with Crippen LogP contribution in [0.2, 0.25) is 0 Å². The fourth-order valence-corrected chi connectivity index (χ4v) is 5.74. The first-order chi connectivity index (χ1) is 16.6. The summed E-state index contributed by atoms with van der Waals surface area (Å²) in [6, 6.07) is 11.9. The van der Waals surface area contributed by atoms with E-state index >= 15 is 0 Å². The number of aryl methyl sites for hydroxylation is 2. The second-order valence-corrected chi connectivity index (χ2v) is 10.4. The predicted octanol–water partition coefficient (Wildman–Crippen LogP) is 3.35. The minimum atomic E-state index is -3.76. The van der Waals surface area contributed by atoms with E-state index in [2.05, 4.69) is 20.8 Å². The highest BCUT2D eigenvalue weighted by Crippen LogP contribution is 2.29. The molecule has 2 heterocycles. The fraction of sp³-hybridized carbons (Fsp3) is 0.333. The summed E-state index contributed by atoms with van der Waals surface area (Å²) in [6.45, 7) is 5.33. The molecule has 0 unspecified atom stereocenters. The average Bonchev–Trinajstić information content (AvgIpc) is 3.26. The van der Waals surface area contributed by atoms with Gasteiger partial charge in [-0.2, -0.15) is 9.29 Å². The van der Waals surface area contributed by atoms with Gasteiger partial charge in [0, 0.05) is 49.8 Å². The van der Waals surface area contributed by atoms with Crippen LogP contribution in [0.1, 0.15) is 31.2 Å². The van der Waals surface area contributed by atoms with E-state index in [4.69, 9.17) is 4.52 Å². The summed E-state index contributed by atoms with van der Waals surface area (Å²) in [7, 11) is -3.76. The molecule has 1 fully saturated rings. The normalized spacial score (nSPS) is 15.1. The van der Waals surface area contributed by atoms with Crippen molar-refractivity contribution in [2.75, 3.05) is 23.7 Å². The van der Waals surface area contributed by atoms with Crippen LogP contribution in [0.4, 0.5) is 11.4 Å². The zero-order valence-electron chi connectivity index (χ0n) is 19.7. The highest BCUT2D eigenvalue weighted by molar-refractivity contribution is 7.89. The van der Waals surface area contributed by atoms with Crippen LogP contribution in [-0.2, 0) is 19.6 Å². The first-order valence-corrected chi connectivity index (χ1v) is 12.7. The van der Waals surface area contributed by atoms with E-state index in [-0.39, 0.29) is 35.7 Å². The van der Waals surface area contributed by atoms with Crippen molar-refractivity contribution in [3.63, 3.8) is 0 Å². The molecule has 4 rings (SSSR count). The maximum Gasteiger partial charge on any atom is 0.243 e. The third-order valence-corrected chi connectivity index (χ3v) is 7.93. The Hall–Kier alpha value is -3.57.